The Morgan fingerprint density at radius 2 is 2.22 bits per heavy atom. The van der Waals surface area contributed by atoms with Gasteiger partial charge in [-0.1, -0.05) is 23.2 Å². The molecular formula is C12H14Cl2N2OS. The van der Waals surface area contributed by atoms with Crippen molar-refractivity contribution in [1.29, 1.82) is 0 Å². The molecule has 0 saturated carbocycles. The van der Waals surface area contributed by atoms with Crippen molar-refractivity contribution in [3.63, 3.8) is 0 Å². The second-order valence-electron chi connectivity index (χ2n) is 4.25. The predicted molar refractivity (Wildman–Crippen MR) is 78.7 cm³/mol. The zero-order chi connectivity index (χ0) is 13.1. The summed E-state index contributed by atoms with van der Waals surface area (Å²) in [5.41, 5.74) is 6.45. The highest BCUT2D eigenvalue weighted by atomic mass is 35.5. The summed E-state index contributed by atoms with van der Waals surface area (Å²) in [6.07, 6.45) is 2.13. The standard InChI is InChI=1S/C12H14Cl2N2OS/c13-10-5-7(15)4-9(11(10)14)12(17)16-8-2-1-3-18-6-8/h4-5,8H,1-3,6,15H2,(H,16,17). The van der Waals surface area contributed by atoms with Gasteiger partial charge in [-0.05, 0) is 30.7 Å². The fraction of sp³-hybridized carbons (Fsp3) is 0.417. The summed E-state index contributed by atoms with van der Waals surface area (Å²) < 4.78 is 0. The van der Waals surface area contributed by atoms with E-state index < -0.39 is 0 Å². The van der Waals surface area contributed by atoms with E-state index in [2.05, 4.69) is 5.32 Å². The Morgan fingerprint density at radius 1 is 1.44 bits per heavy atom. The highest BCUT2D eigenvalue weighted by Gasteiger charge is 2.19. The molecule has 3 N–H and O–H groups in total. The van der Waals surface area contributed by atoms with E-state index in [1.165, 1.54) is 6.07 Å². The minimum Gasteiger partial charge on any atom is -0.399 e. The number of benzene rings is 1. The molecule has 3 nitrogen and oxygen atoms in total. The van der Waals surface area contributed by atoms with Crippen LogP contribution in [-0.2, 0) is 0 Å². The first kappa shape index (κ1) is 13.8. The number of carbonyl (C=O) groups excluding carboxylic acids is 1. The Labute approximate surface area is 120 Å². The van der Waals surface area contributed by atoms with Crippen molar-refractivity contribution in [2.24, 2.45) is 0 Å². The van der Waals surface area contributed by atoms with Gasteiger partial charge in [0.15, 0.2) is 0 Å². The number of nitrogens with two attached hydrogens (primary N) is 1. The van der Waals surface area contributed by atoms with Crippen LogP contribution >= 0.6 is 35.0 Å². The molecule has 1 saturated heterocycles. The number of amides is 1. The van der Waals surface area contributed by atoms with Crippen LogP contribution in [0.3, 0.4) is 0 Å². The van der Waals surface area contributed by atoms with Crippen molar-refractivity contribution in [3.05, 3.63) is 27.7 Å². The zero-order valence-electron chi connectivity index (χ0n) is 9.71. The predicted octanol–water partition coefficient (Wildman–Crippen LogP) is 3.20. The van der Waals surface area contributed by atoms with Gasteiger partial charge in [0.1, 0.15) is 0 Å². The van der Waals surface area contributed by atoms with Crippen LogP contribution in [0.15, 0.2) is 12.1 Å². The third kappa shape index (κ3) is 3.25. The van der Waals surface area contributed by atoms with Crippen LogP contribution in [0.5, 0.6) is 0 Å². The van der Waals surface area contributed by atoms with Gasteiger partial charge >= 0.3 is 0 Å². The van der Waals surface area contributed by atoms with Gasteiger partial charge in [0.05, 0.1) is 15.6 Å². The van der Waals surface area contributed by atoms with Crippen molar-refractivity contribution in [2.75, 3.05) is 17.2 Å². The van der Waals surface area contributed by atoms with Crippen LogP contribution in [0.1, 0.15) is 23.2 Å². The van der Waals surface area contributed by atoms with E-state index in [1.807, 2.05) is 11.8 Å². The van der Waals surface area contributed by atoms with Crippen molar-refractivity contribution < 1.29 is 4.79 Å². The largest absolute Gasteiger partial charge is 0.399 e. The van der Waals surface area contributed by atoms with E-state index in [0.717, 1.165) is 24.3 Å². The SMILES string of the molecule is Nc1cc(Cl)c(Cl)c(C(=O)NC2CCCSC2)c1. The number of thioether (sulfide) groups is 1. The first-order valence-electron chi connectivity index (χ1n) is 5.71. The van der Waals surface area contributed by atoms with E-state index >= 15 is 0 Å². The molecule has 1 heterocycles. The molecule has 1 unspecified atom stereocenters. The third-order valence-electron chi connectivity index (χ3n) is 2.79. The fourth-order valence-electron chi connectivity index (χ4n) is 1.89. The maximum absolute atomic E-state index is 12.1. The number of hydrogen-bond acceptors (Lipinski definition) is 3. The van der Waals surface area contributed by atoms with Crippen molar-refractivity contribution in [1.82, 2.24) is 5.32 Å². The topological polar surface area (TPSA) is 55.1 Å². The molecule has 1 amide bonds. The van der Waals surface area contributed by atoms with Gasteiger partial charge in [-0.3, -0.25) is 4.79 Å². The molecule has 2 rings (SSSR count). The van der Waals surface area contributed by atoms with Crippen LogP contribution < -0.4 is 11.1 Å². The van der Waals surface area contributed by atoms with Crippen LogP contribution in [0.4, 0.5) is 5.69 Å². The van der Waals surface area contributed by atoms with Crippen molar-refractivity contribution in [2.45, 2.75) is 18.9 Å². The second kappa shape index (κ2) is 6.04. The van der Waals surface area contributed by atoms with Gasteiger partial charge in [-0.25, -0.2) is 0 Å². The molecule has 18 heavy (non-hydrogen) atoms. The molecule has 1 fully saturated rings. The van der Waals surface area contributed by atoms with E-state index in [-0.39, 0.29) is 17.0 Å². The number of carbonyl (C=O) groups is 1. The number of hydrogen-bond donors (Lipinski definition) is 2. The summed E-state index contributed by atoms with van der Waals surface area (Å²) in [4.78, 5) is 12.1. The zero-order valence-corrected chi connectivity index (χ0v) is 12.0. The van der Waals surface area contributed by atoms with Gasteiger partial charge in [-0.2, -0.15) is 11.8 Å². The molecule has 1 aliphatic rings. The summed E-state index contributed by atoms with van der Waals surface area (Å²) in [6.45, 7) is 0. The molecule has 1 aliphatic heterocycles. The number of nitrogen functional groups attached to an aromatic ring is 1. The average Bonchev–Trinajstić information content (AvgIpc) is 2.35. The number of rotatable bonds is 2. The Balaban J connectivity index is 2.13. The normalized spacial score (nSPS) is 19.6. The number of nitrogens with one attached hydrogen (secondary N) is 1. The lowest BCUT2D eigenvalue weighted by Crippen LogP contribution is -2.38. The molecule has 98 valence electrons. The third-order valence-corrected chi connectivity index (χ3v) is 4.81. The molecule has 0 spiro atoms. The summed E-state index contributed by atoms with van der Waals surface area (Å²) in [5, 5.41) is 3.53. The van der Waals surface area contributed by atoms with E-state index in [0.29, 0.717) is 16.3 Å². The van der Waals surface area contributed by atoms with Crippen LogP contribution in [0.2, 0.25) is 10.0 Å². The quantitative estimate of drug-likeness (QED) is 0.825. The maximum atomic E-state index is 12.1. The van der Waals surface area contributed by atoms with Crippen LogP contribution in [0.25, 0.3) is 0 Å². The molecule has 0 radical (unpaired) electrons. The minimum atomic E-state index is -0.207. The minimum absolute atomic E-state index is 0.201. The van der Waals surface area contributed by atoms with Crippen molar-refractivity contribution >= 4 is 46.6 Å². The summed E-state index contributed by atoms with van der Waals surface area (Å²) in [7, 11) is 0. The van der Waals surface area contributed by atoms with E-state index in [4.69, 9.17) is 28.9 Å². The first-order chi connectivity index (χ1) is 8.58. The van der Waals surface area contributed by atoms with Crippen LogP contribution in [0, 0.1) is 0 Å². The van der Waals surface area contributed by atoms with Crippen molar-refractivity contribution in [3.8, 4) is 0 Å². The molecule has 0 aliphatic carbocycles. The highest BCUT2D eigenvalue weighted by molar-refractivity contribution is 7.99. The van der Waals surface area contributed by atoms with Gasteiger partial charge in [0.2, 0.25) is 0 Å². The lowest BCUT2D eigenvalue weighted by molar-refractivity contribution is 0.0939. The van der Waals surface area contributed by atoms with E-state index in [1.54, 1.807) is 6.07 Å². The van der Waals surface area contributed by atoms with Gasteiger partial charge < -0.3 is 11.1 Å². The highest BCUT2D eigenvalue weighted by Crippen LogP contribution is 2.29. The summed E-state index contributed by atoms with van der Waals surface area (Å²) in [6, 6.07) is 3.30. The molecule has 1 aromatic carbocycles. The maximum Gasteiger partial charge on any atom is 0.253 e. The molecule has 6 heteroatoms. The average molecular weight is 305 g/mol. The smallest absolute Gasteiger partial charge is 0.253 e. The second-order valence-corrected chi connectivity index (χ2v) is 6.19. The number of halogens is 2. The fourth-order valence-corrected chi connectivity index (χ4v) is 3.39. The van der Waals surface area contributed by atoms with Gasteiger partial charge in [0.25, 0.3) is 5.91 Å². The van der Waals surface area contributed by atoms with Gasteiger partial charge in [0, 0.05) is 17.5 Å². The first-order valence-corrected chi connectivity index (χ1v) is 7.62. The molecular weight excluding hydrogens is 291 g/mol. The number of anilines is 1. The van der Waals surface area contributed by atoms with E-state index in [9.17, 15) is 4.79 Å². The lowest BCUT2D eigenvalue weighted by Gasteiger charge is -2.22. The monoisotopic (exact) mass is 304 g/mol. The molecule has 1 atom stereocenters. The summed E-state index contributed by atoms with van der Waals surface area (Å²) >= 11 is 13.8. The lowest BCUT2D eigenvalue weighted by atomic mass is 10.1. The van der Waals surface area contributed by atoms with Gasteiger partial charge in [-0.15, -0.1) is 0 Å². The van der Waals surface area contributed by atoms with Crippen LogP contribution in [-0.4, -0.2) is 23.5 Å². The Morgan fingerprint density at radius 3 is 2.89 bits per heavy atom. The molecule has 0 bridgehead atoms. The Kier molecular flexibility index (Phi) is 4.65. The Bertz CT molecular complexity index is 462. The molecule has 1 aromatic rings. The molecule has 0 aromatic heterocycles. The summed E-state index contributed by atoms with van der Waals surface area (Å²) in [5.74, 6) is 1.90. The Hall–Kier alpha value is -0.580.